The highest BCUT2D eigenvalue weighted by atomic mass is 16.5. The Morgan fingerprint density at radius 1 is 0.964 bits per heavy atom. The van der Waals surface area contributed by atoms with Crippen LogP contribution in [0.3, 0.4) is 0 Å². The fourth-order valence-corrected chi connectivity index (χ4v) is 7.88. The summed E-state index contributed by atoms with van der Waals surface area (Å²) >= 11 is 0. The van der Waals surface area contributed by atoms with Gasteiger partial charge in [0.1, 0.15) is 6.23 Å². The number of nitrogens with zero attached hydrogens (tertiary/aromatic N) is 1. The molecule has 0 aromatic heterocycles. The summed E-state index contributed by atoms with van der Waals surface area (Å²) in [6.07, 6.45) is 7.52. The zero-order valence-electron chi connectivity index (χ0n) is 17.7. The zero-order chi connectivity index (χ0) is 20.3. The van der Waals surface area contributed by atoms with Crippen molar-refractivity contribution in [3.05, 3.63) is 0 Å². The molecule has 4 aliphatic carbocycles. The Kier molecular flexibility index (Phi) is 5.20. The van der Waals surface area contributed by atoms with E-state index in [1.165, 1.54) is 6.42 Å². The lowest BCUT2D eigenvalue weighted by molar-refractivity contribution is -0.183. The lowest BCUT2D eigenvalue weighted by Gasteiger charge is -2.62. The molecule has 6 N–H and O–H groups in total. The number of aliphatic hydroxyl groups is 2. The maximum absolute atomic E-state index is 11.2. The van der Waals surface area contributed by atoms with Gasteiger partial charge >= 0.3 is 0 Å². The van der Waals surface area contributed by atoms with Crippen LogP contribution in [0.5, 0.6) is 0 Å². The molecular weight excluding hydrogens is 354 g/mol. The minimum Gasteiger partial charge on any atom is -0.393 e. The molecule has 28 heavy (non-hydrogen) atoms. The van der Waals surface area contributed by atoms with Crippen LogP contribution in [0.25, 0.3) is 0 Å². The molecule has 0 spiro atoms. The molecule has 0 aromatic carbocycles. The Bertz CT molecular complexity index is 624. The van der Waals surface area contributed by atoms with Gasteiger partial charge < -0.3 is 26.4 Å². The van der Waals surface area contributed by atoms with Crippen LogP contribution in [0.1, 0.15) is 72.1 Å². The average Bonchev–Trinajstić information content (AvgIpc) is 2.91. The molecule has 160 valence electrons. The number of guanidine groups is 1. The van der Waals surface area contributed by atoms with Crippen molar-refractivity contribution in [2.45, 2.75) is 96.7 Å². The standard InChI is InChI=1S/C22H39N3O3/c1-12(25-20(23)24)28-13-6-8-21(2)16-7-9-22(3)15(4-5-19(22)27)14(16)11-18(26)17(21)10-13/h12-19,26-27H,4-11H2,1-3H3,(H4,23,24,25)/t12?,13-,14-,15-,16-,17+,18+,19-,21+,22-/m0/s1. The number of hydrogen-bond acceptors (Lipinski definition) is 4. The number of rotatable bonds is 3. The first-order valence-corrected chi connectivity index (χ1v) is 11.3. The van der Waals surface area contributed by atoms with Crippen LogP contribution < -0.4 is 11.5 Å². The highest BCUT2D eigenvalue weighted by Crippen LogP contribution is 2.66. The quantitative estimate of drug-likeness (QED) is 0.434. The van der Waals surface area contributed by atoms with Gasteiger partial charge in [-0.05, 0) is 92.8 Å². The van der Waals surface area contributed by atoms with E-state index in [1.807, 2.05) is 6.92 Å². The summed E-state index contributed by atoms with van der Waals surface area (Å²) in [5, 5.41) is 21.8. The summed E-state index contributed by atoms with van der Waals surface area (Å²) in [6, 6.07) is 0. The Morgan fingerprint density at radius 3 is 2.36 bits per heavy atom. The van der Waals surface area contributed by atoms with E-state index in [4.69, 9.17) is 16.2 Å². The molecule has 0 saturated heterocycles. The first-order chi connectivity index (χ1) is 13.1. The second-order valence-electron chi connectivity index (χ2n) is 10.6. The smallest absolute Gasteiger partial charge is 0.188 e. The van der Waals surface area contributed by atoms with Crippen LogP contribution in [0.4, 0.5) is 0 Å². The molecule has 0 bridgehead atoms. The molecule has 0 aromatic rings. The largest absolute Gasteiger partial charge is 0.393 e. The van der Waals surface area contributed by atoms with Gasteiger partial charge in [-0.15, -0.1) is 0 Å². The summed E-state index contributed by atoms with van der Waals surface area (Å²) in [5.74, 6) is 2.09. The van der Waals surface area contributed by atoms with Crippen molar-refractivity contribution in [2.24, 2.45) is 51.0 Å². The normalized spacial score (nSPS) is 51.5. The first kappa shape index (κ1) is 20.4. The summed E-state index contributed by atoms with van der Waals surface area (Å²) < 4.78 is 6.09. The Labute approximate surface area is 169 Å². The summed E-state index contributed by atoms with van der Waals surface area (Å²) in [7, 11) is 0. The Morgan fingerprint density at radius 2 is 1.64 bits per heavy atom. The molecular formula is C22H39N3O3. The molecule has 1 unspecified atom stereocenters. The predicted octanol–water partition coefficient (Wildman–Crippen LogP) is 2.37. The lowest BCUT2D eigenvalue weighted by Crippen LogP contribution is -2.58. The maximum atomic E-state index is 11.2. The van der Waals surface area contributed by atoms with Crippen molar-refractivity contribution >= 4 is 5.96 Å². The molecule has 6 nitrogen and oxygen atoms in total. The van der Waals surface area contributed by atoms with E-state index >= 15 is 0 Å². The number of hydrogen-bond donors (Lipinski definition) is 4. The third kappa shape index (κ3) is 3.16. The summed E-state index contributed by atoms with van der Waals surface area (Å²) in [5.41, 5.74) is 11.2. The second kappa shape index (κ2) is 7.13. The Balaban J connectivity index is 1.50. The second-order valence-corrected chi connectivity index (χ2v) is 10.6. The van der Waals surface area contributed by atoms with Crippen LogP contribution in [0.15, 0.2) is 4.99 Å². The lowest BCUT2D eigenvalue weighted by atomic mass is 9.44. The predicted molar refractivity (Wildman–Crippen MR) is 109 cm³/mol. The van der Waals surface area contributed by atoms with Crippen molar-refractivity contribution in [1.29, 1.82) is 0 Å². The van der Waals surface area contributed by atoms with E-state index < -0.39 is 0 Å². The number of ether oxygens (including phenoxy) is 1. The highest BCUT2D eigenvalue weighted by molar-refractivity contribution is 5.75. The van der Waals surface area contributed by atoms with Gasteiger partial charge in [0.25, 0.3) is 0 Å². The molecule has 4 saturated carbocycles. The molecule has 0 heterocycles. The fourth-order valence-electron chi connectivity index (χ4n) is 7.88. The van der Waals surface area contributed by atoms with Gasteiger partial charge in [0.2, 0.25) is 0 Å². The van der Waals surface area contributed by atoms with Crippen molar-refractivity contribution in [3.63, 3.8) is 0 Å². The van der Waals surface area contributed by atoms with Crippen molar-refractivity contribution < 1.29 is 14.9 Å². The molecule has 4 fully saturated rings. The number of nitrogens with two attached hydrogens (primary N) is 2. The van der Waals surface area contributed by atoms with Gasteiger partial charge in [-0.3, -0.25) is 0 Å². The number of aliphatic imine (C=N–C) groups is 1. The molecule has 0 radical (unpaired) electrons. The molecule has 0 amide bonds. The topological polar surface area (TPSA) is 114 Å². The van der Waals surface area contributed by atoms with Gasteiger partial charge in [0.15, 0.2) is 5.96 Å². The monoisotopic (exact) mass is 393 g/mol. The maximum Gasteiger partial charge on any atom is 0.188 e. The van der Waals surface area contributed by atoms with Crippen molar-refractivity contribution in [1.82, 2.24) is 0 Å². The molecule has 6 heteroatoms. The van der Waals surface area contributed by atoms with Gasteiger partial charge in [-0.25, -0.2) is 4.99 Å². The van der Waals surface area contributed by atoms with E-state index in [0.717, 1.165) is 44.9 Å². The molecule has 4 rings (SSSR count). The van der Waals surface area contributed by atoms with Crippen LogP contribution >= 0.6 is 0 Å². The SMILES string of the molecule is CC(N=C(N)N)O[C@H]1CC[C@@]2(C)[C@H](C1)[C@H](O)C[C@@H]1[C@@H]2CC[C@]2(C)[C@@H](O)CC[C@@H]12. The molecule has 10 atom stereocenters. The van der Waals surface area contributed by atoms with E-state index in [2.05, 4.69) is 18.8 Å². The molecule has 4 aliphatic rings. The van der Waals surface area contributed by atoms with Crippen molar-refractivity contribution in [3.8, 4) is 0 Å². The average molecular weight is 394 g/mol. The van der Waals surface area contributed by atoms with E-state index in [0.29, 0.717) is 17.8 Å². The third-order valence-electron chi connectivity index (χ3n) is 9.30. The zero-order valence-corrected chi connectivity index (χ0v) is 17.7. The van der Waals surface area contributed by atoms with Crippen LogP contribution in [-0.4, -0.2) is 40.7 Å². The first-order valence-electron chi connectivity index (χ1n) is 11.3. The third-order valence-corrected chi connectivity index (χ3v) is 9.30. The summed E-state index contributed by atoms with van der Waals surface area (Å²) in [6.45, 7) is 6.58. The Hall–Kier alpha value is -0.850. The summed E-state index contributed by atoms with van der Waals surface area (Å²) in [4.78, 5) is 4.09. The number of aliphatic hydroxyl groups excluding tert-OH is 2. The van der Waals surface area contributed by atoms with Gasteiger partial charge in [-0.2, -0.15) is 0 Å². The minimum absolute atomic E-state index is 0.0534. The van der Waals surface area contributed by atoms with E-state index in [9.17, 15) is 10.2 Å². The van der Waals surface area contributed by atoms with Gasteiger partial charge in [0.05, 0.1) is 18.3 Å². The van der Waals surface area contributed by atoms with Crippen molar-refractivity contribution in [2.75, 3.05) is 0 Å². The van der Waals surface area contributed by atoms with Gasteiger partial charge in [-0.1, -0.05) is 13.8 Å². The fraction of sp³-hybridized carbons (Fsp3) is 0.955. The minimum atomic E-state index is -0.344. The van der Waals surface area contributed by atoms with Crippen LogP contribution in [-0.2, 0) is 4.74 Å². The number of fused-ring (bicyclic) bond motifs is 5. The van der Waals surface area contributed by atoms with Gasteiger partial charge in [0, 0.05) is 0 Å². The molecule has 0 aliphatic heterocycles. The highest BCUT2D eigenvalue weighted by Gasteiger charge is 2.62. The van der Waals surface area contributed by atoms with Crippen LogP contribution in [0.2, 0.25) is 0 Å². The van der Waals surface area contributed by atoms with E-state index in [1.54, 1.807) is 0 Å². The van der Waals surface area contributed by atoms with E-state index in [-0.39, 0.29) is 47.2 Å². The van der Waals surface area contributed by atoms with Crippen LogP contribution in [0, 0.1) is 34.5 Å².